The van der Waals surface area contributed by atoms with Crippen LogP contribution in [0.2, 0.25) is 0 Å². The maximum Gasteiger partial charge on any atom is 0.321 e. The molecule has 0 radical (unpaired) electrons. The molecule has 0 bridgehead atoms. The summed E-state index contributed by atoms with van der Waals surface area (Å²) in [6, 6.07) is 10.7. The number of primary amides is 1. The standard InChI is InChI=1S/C16H17N3O6S/c1-10(15(21)19-16(17)22)25-14(20)9-18-26(23,24)13-7-6-11-4-2-3-5-12(11)8-13/h2-8,10,18H,9H2,1H3,(H3,17,19,21,22). The molecule has 0 aliphatic rings. The van der Waals surface area contributed by atoms with Gasteiger partial charge in [0.25, 0.3) is 5.91 Å². The average Bonchev–Trinajstić information content (AvgIpc) is 2.59. The van der Waals surface area contributed by atoms with E-state index in [2.05, 4.69) is 4.72 Å². The maximum atomic E-state index is 12.3. The van der Waals surface area contributed by atoms with Gasteiger partial charge in [-0.1, -0.05) is 30.3 Å². The lowest BCUT2D eigenvalue weighted by atomic mass is 10.1. The van der Waals surface area contributed by atoms with E-state index in [1.165, 1.54) is 19.1 Å². The molecular formula is C16H17N3O6S. The Morgan fingerprint density at radius 2 is 1.77 bits per heavy atom. The zero-order chi connectivity index (χ0) is 19.3. The first-order chi connectivity index (χ1) is 12.2. The number of benzene rings is 2. The van der Waals surface area contributed by atoms with E-state index in [0.717, 1.165) is 10.8 Å². The summed E-state index contributed by atoms with van der Waals surface area (Å²) in [7, 11) is -3.95. The minimum absolute atomic E-state index is 0.0106. The number of amides is 3. The minimum Gasteiger partial charge on any atom is -0.452 e. The van der Waals surface area contributed by atoms with Gasteiger partial charge < -0.3 is 10.5 Å². The van der Waals surface area contributed by atoms with E-state index in [-0.39, 0.29) is 4.90 Å². The largest absolute Gasteiger partial charge is 0.452 e. The minimum atomic E-state index is -3.95. The molecule has 10 heteroatoms. The third-order valence-electron chi connectivity index (χ3n) is 3.36. The van der Waals surface area contributed by atoms with E-state index < -0.39 is 40.6 Å². The summed E-state index contributed by atoms with van der Waals surface area (Å²) < 4.78 is 31.4. The number of esters is 1. The highest BCUT2D eigenvalue weighted by Crippen LogP contribution is 2.18. The molecule has 4 N–H and O–H groups in total. The van der Waals surface area contributed by atoms with Crippen LogP contribution >= 0.6 is 0 Å². The molecule has 2 rings (SSSR count). The fourth-order valence-corrected chi connectivity index (χ4v) is 3.09. The van der Waals surface area contributed by atoms with Crippen molar-refractivity contribution in [1.82, 2.24) is 10.0 Å². The Kier molecular flexibility index (Phi) is 5.90. The molecule has 1 atom stereocenters. The second-order valence-corrected chi connectivity index (χ2v) is 7.09. The van der Waals surface area contributed by atoms with E-state index in [9.17, 15) is 22.8 Å². The summed E-state index contributed by atoms with van der Waals surface area (Å²) in [6.45, 7) is 0.539. The second-order valence-electron chi connectivity index (χ2n) is 5.32. The molecule has 3 amide bonds. The van der Waals surface area contributed by atoms with Gasteiger partial charge in [0.15, 0.2) is 6.10 Å². The quantitative estimate of drug-likeness (QED) is 0.613. The van der Waals surface area contributed by atoms with Crippen molar-refractivity contribution in [2.24, 2.45) is 5.73 Å². The number of nitrogens with two attached hydrogens (primary N) is 1. The molecule has 9 nitrogen and oxygen atoms in total. The average molecular weight is 379 g/mol. The van der Waals surface area contributed by atoms with E-state index in [4.69, 9.17) is 10.5 Å². The summed E-state index contributed by atoms with van der Waals surface area (Å²) in [4.78, 5) is 33.7. The van der Waals surface area contributed by atoms with Crippen LogP contribution in [0.3, 0.4) is 0 Å². The monoisotopic (exact) mass is 379 g/mol. The molecule has 2 aromatic rings. The number of fused-ring (bicyclic) bond motifs is 1. The van der Waals surface area contributed by atoms with Crippen molar-refractivity contribution < 1.29 is 27.5 Å². The van der Waals surface area contributed by atoms with Crippen molar-refractivity contribution in [2.75, 3.05) is 6.54 Å². The van der Waals surface area contributed by atoms with Crippen LogP contribution in [0.4, 0.5) is 4.79 Å². The van der Waals surface area contributed by atoms with E-state index >= 15 is 0 Å². The summed E-state index contributed by atoms with van der Waals surface area (Å²) in [5.41, 5.74) is 4.78. The van der Waals surface area contributed by atoms with Crippen LogP contribution in [0, 0.1) is 0 Å². The Bertz CT molecular complexity index is 957. The first-order valence-corrected chi connectivity index (χ1v) is 8.95. The third kappa shape index (κ3) is 5.01. The zero-order valence-corrected chi connectivity index (χ0v) is 14.6. The van der Waals surface area contributed by atoms with Crippen LogP contribution < -0.4 is 15.8 Å². The summed E-state index contributed by atoms with van der Waals surface area (Å²) in [5.74, 6) is -1.90. The van der Waals surface area contributed by atoms with Crippen molar-refractivity contribution in [1.29, 1.82) is 0 Å². The molecule has 0 aliphatic heterocycles. The topological polar surface area (TPSA) is 145 Å². The summed E-state index contributed by atoms with van der Waals surface area (Å²) in [6.07, 6.45) is -1.31. The van der Waals surface area contributed by atoms with Gasteiger partial charge in [0.05, 0.1) is 4.90 Å². The predicted octanol–water partition coefficient (Wildman–Crippen LogP) is 0.245. The SMILES string of the molecule is CC(OC(=O)CNS(=O)(=O)c1ccc2ccccc2c1)C(=O)NC(N)=O. The Hall–Kier alpha value is -2.98. The summed E-state index contributed by atoms with van der Waals surface area (Å²) in [5, 5.41) is 3.35. The number of carbonyl (C=O) groups excluding carboxylic acids is 3. The normalized spacial score (nSPS) is 12.3. The number of ether oxygens (including phenoxy) is 1. The molecular weight excluding hydrogens is 362 g/mol. The fourth-order valence-electron chi connectivity index (χ4n) is 2.09. The number of hydrogen-bond donors (Lipinski definition) is 3. The molecule has 0 saturated heterocycles. The van der Waals surface area contributed by atoms with Crippen molar-refractivity contribution in [3.05, 3.63) is 42.5 Å². The zero-order valence-electron chi connectivity index (χ0n) is 13.8. The lowest BCUT2D eigenvalue weighted by Gasteiger charge is -2.12. The van der Waals surface area contributed by atoms with Crippen LogP contribution in [0.5, 0.6) is 0 Å². The van der Waals surface area contributed by atoms with Gasteiger partial charge in [-0.05, 0) is 29.8 Å². The van der Waals surface area contributed by atoms with Gasteiger partial charge in [-0.3, -0.25) is 14.9 Å². The first kappa shape index (κ1) is 19.3. The lowest BCUT2D eigenvalue weighted by Crippen LogP contribution is -2.43. The summed E-state index contributed by atoms with van der Waals surface area (Å²) >= 11 is 0. The third-order valence-corrected chi connectivity index (χ3v) is 4.76. The number of nitrogens with one attached hydrogen (secondary N) is 2. The van der Waals surface area contributed by atoms with Crippen molar-refractivity contribution in [3.8, 4) is 0 Å². The van der Waals surface area contributed by atoms with Crippen LogP contribution in [-0.4, -0.2) is 39.0 Å². The van der Waals surface area contributed by atoms with Crippen molar-refractivity contribution >= 4 is 38.7 Å². The van der Waals surface area contributed by atoms with Gasteiger partial charge in [-0.2, -0.15) is 4.72 Å². The van der Waals surface area contributed by atoms with Gasteiger partial charge in [-0.15, -0.1) is 0 Å². The molecule has 1 unspecified atom stereocenters. The maximum absolute atomic E-state index is 12.3. The van der Waals surface area contributed by atoms with E-state index in [1.807, 2.05) is 12.1 Å². The fraction of sp³-hybridized carbons (Fsp3) is 0.188. The first-order valence-electron chi connectivity index (χ1n) is 7.47. The highest BCUT2D eigenvalue weighted by molar-refractivity contribution is 7.89. The smallest absolute Gasteiger partial charge is 0.321 e. The highest BCUT2D eigenvalue weighted by Gasteiger charge is 2.21. The van der Waals surface area contributed by atoms with Crippen molar-refractivity contribution in [3.63, 3.8) is 0 Å². The molecule has 0 saturated carbocycles. The molecule has 0 aliphatic carbocycles. The van der Waals surface area contributed by atoms with E-state index in [1.54, 1.807) is 23.5 Å². The molecule has 0 spiro atoms. The predicted molar refractivity (Wildman–Crippen MR) is 92.4 cm³/mol. The number of imide groups is 1. The van der Waals surface area contributed by atoms with Gasteiger partial charge in [-0.25, -0.2) is 13.2 Å². The number of hydrogen-bond acceptors (Lipinski definition) is 6. The highest BCUT2D eigenvalue weighted by atomic mass is 32.2. The van der Waals surface area contributed by atoms with Gasteiger partial charge in [0.1, 0.15) is 6.54 Å². The molecule has 138 valence electrons. The molecule has 0 heterocycles. The van der Waals surface area contributed by atoms with Crippen LogP contribution in [0.1, 0.15) is 6.92 Å². The lowest BCUT2D eigenvalue weighted by molar-refractivity contribution is -0.153. The van der Waals surface area contributed by atoms with Gasteiger partial charge in [0, 0.05) is 0 Å². The van der Waals surface area contributed by atoms with Crippen LogP contribution in [0.15, 0.2) is 47.4 Å². The van der Waals surface area contributed by atoms with Crippen molar-refractivity contribution in [2.45, 2.75) is 17.9 Å². The number of sulfonamides is 1. The molecule has 26 heavy (non-hydrogen) atoms. The number of urea groups is 1. The van der Waals surface area contributed by atoms with Crippen LogP contribution in [0.25, 0.3) is 10.8 Å². The Morgan fingerprint density at radius 3 is 2.42 bits per heavy atom. The molecule has 2 aromatic carbocycles. The molecule has 0 aromatic heterocycles. The Balaban J connectivity index is 1.99. The van der Waals surface area contributed by atoms with E-state index in [0.29, 0.717) is 0 Å². The molecule has 0 fully saturated rings. The van der Waals surface area contributed by atoms with Gasteiger partial charge in [0.2, 0.25) is 10.0 Å². The number of rotatable bonds is 6. The van der Waals surface area contributed by atoms with Gasteiger partial charge >= 0.3 is 12.0 Å². The Morgan fingerprint density at radius 1 is 1.12 bits per heavy atom. The Labute approximate surface area is 149 Å². The number of carbonyl (C=O) groups is 3. The van der Waals surface area contributed by atoms with Crippen LogP contribution in [-0.2, 0) is 24.3 Å². The second kappa shape index (κ2) is 7.93.